The molecule has 2 unspecified atom stereocenters. The van der Waals surface area contributed by atoms with Crippen LogP contribution < -0.4 is 0 Å². The molecule has 0 aliphatic heterocycles. The fourth-order valence-electron chi connectivity index (χ4n) is 13.7. The highest BCUT2D eigenvalue weighted by Crippen LogP contribution is 2.77. The molecule has 1 aromatic heterocycles. The Kier molecular flexibility index (Phi) is 11.7. The van der Waals surface area contributed by atoms with Gasteiger partial charge in [-0.3, -0.25) is 24.3 Å². The van der Waals surface area contributed by atoms with Crippen LogP contribution in [0.3, 0.4) is 0 Å². The van der Waals surface area contributed by atoms with Crippen molar-refractivity contribution in [1.29, 1.82) is 0 Å². The maximum atomic E-state index is 14.3. The molecule has 0 spiro atoms. The number of allylic oxidation sites excluding steroid dienone is 1. The number of carboxylic acids is 1. The number of pyridine rings is 1. The summed E-state index contributed by atoms with van der Waals surface area (Å²) in [6, 6.07) is 4.07. The van der Waals surface area contributed by atoms with Crippen molar-refractivity contribution in [3.63, 3.8) is 0 Å². The number of aliphatic hydroxyl groups excluding tert-OH is 1. The minimum atomic E-state index is -1.17. The highest BCUT2D eigenvalue weighted by molar-refractivity contribution is 6.00. The topological polar surface area (TPSA) is 120 Å². The lowest BCUT2D eigenvalue weighted by atomic mass is 9.33. The number of aliphatic carboxylic acids is 1. The summed E-state index contributed by atoms with van der Waals surface area (Å²) in [6.45, 7) is 22.6. The Labute approximate surface area is 337 Å². The third-order valence-corrected chi connectivity index (χ3v) is 16.9. The Balaban J connectivity index is 1.29. The molecule has 56 heavy (non-hydrogen) atoms. The van der Waals surface area contributed by atoms with Crippen LogP contribution in [0.1, 0.15) is 132 Å². The number of aliphatic hydroxyl groups is 1. The van der Waals surface area contributed by atoms with Gasteiger partial charge in [-0.05, 0) is 136 Å². The first-order valence-corrected chi connectivity index (χ1v) is 21.7. The maximum Gasteiger partial charge on any atom is 0.309 e. The normalized spacial score (nSPS) is 35.9. The first-order chi connectivity index (χ1) is 26.0. The van der Waals surface area contributed by atoms with Crippen molar-refractivity contribution in [2.75, 3.05) is 33.7 Å². The summed E-state index contributed by atoms with van der Waals surface area (Å²) < 4.78 is 6.19. The first-order valence-electron chi connectivity index (χ1n) is 21.7. The molecular formula is C47H73N3O6. The smallest absolute Gasteiger partial charge is 0.309 e. The van der Waals surface area contributed by atoms with Crippen molar-refractivity contribution < 1.29 is 29.3 Å². The molecule has 9 heteroatoms. The van der Waals surface area contributed by atoms with Crippen molar-refractivity contribution in [1.82, 2.24) is 14.8 Å². The van der Waals surface area contributed by atoms with Gasteiger partial charge in [-0.15, -0.1) is 0 Å². The van der Waals surface area contributed by atoms with Gasteiger partial charge in [-0.2, -0.15) is 0 Å². The average molecular weight is 776 g/mol. The molecule has 6 rings (SSSR count). The van der Waals surface area contributed by atoms with Crippen molar-refractivity contribution in [3.05, 3.63) is 41.2 Å². The molecule has 0 saturated heterocycles. The summed E-state index contributed by atoms with van der Waals surface area (Å²) in [6.07, 6.45) is 10.9. The highest BCUT2D eigenvalue weighted by Gasteiger charge is 2.71. The zero-order chi connectivity index (χ0) is 41.2. The van der Waals surface area contributed by atoms with Gasteiger partial charge in [0.05, 0.1) is 17.9 Å². The number of hydrogen-bond donors (Lipinski definition) is 2. The number of hydrogen-bond acceptors (Lipinski definition) is 8. The molecule has 5 aliphatic carbocycles. The van der Waals surface area contributed by atoms with Gasteiger partial charge in [0.2, 0.25) is 0 Å². The maximum absolute atomic E-state index is 14.3. The summed E-state index contributed by atoms with van der Waals surface area (Å²) in [5, 5.41) is 22.3. The largest absolute Gasteiger partial charge is 0.481 e. The fourth-order valence-corrected chi connectivity index (χ4v) is 13.7. The predicted molar refractivity (Wildman–Crippen MR) is 219 cm³/mol. The number of fused-ring (bicyclic) bond motifs is 7. The Bertz CT molecular complexity index is 1690. The lowest BCUT2D eigenvalue weighted by molar-refractivity contribution is -0.235. The Morgan fingerprint density at radius 3 is 2.30 bits per heavy atom. The third-order valence-electron chi connectivity index (χ3n) is 16.9. The summed E-state index contributed by atoms with van der Waals surface area (Å²) >= 11 is 0. The number of ketones is 1. The van der Waals surface area contributed by atoms with Crippen LogP contribution in [0, 0.1) is 56.2 Å². The van der Waals surface area contributed by atoms with Crippen LogP contribution in [0.2, 0.25) is 0 Å². The Morgan fingerprint density at radius 2 is 1.68 bits per heavy atom. The summed E-state index contributed by atoms with van der Waals surface area (Å²) in [7, 11) is 4.17. The summed E-state index contributed by atoms with van der Waals surface area (Å²) in [5.41, 5.74) is 1.55. The number of carboxylic acid groups (broad SMARTS) is 1. The van der Waals surface area contributed by atoms with Gasteiger partial charge >= 0.3 is 11.9 Å². The second-order valence-electron chi connectivity index (χ2n) is 21.5. The van der Waals surface area contributed by atoms with E-state index in [0.29, 0.717) is 31.3 Å². The van der Waals surface area contributed by atoms with Crippen LogP contribution in [0.5, 0.6) is 0 Å². The quantitative estimate of drug-likeness (QED) is 0.191. The van der Waals surface area contributed by atoms with Gasteiger partial charge < -0.3 is 19.8 Å². The molecule has 9 atom stereocenters. The van der Waals surface area contributed by atoms with E-state index in [1.807, 2.05) is 12.3 Å². The number of rotatable bonds is 13. The molecule has 1 aromatic rings. The van der Waals surface area contributed by atoms with Gasteiger partial charge in [0, 0.05) is 55.8 Å². The van der Waals surface area contributed by atoms with Crippen LogP contribution in [-0.2, 0) is 25.7 Å². The lowest BCUT2D eigenvalue weighted by Gasteiger charge is -2.72. The molecule has 4 fully saturated rings. The van der Waals surface area contributed by atoms with Gasteiger partial charge in [-0.1, -0.05) is 60.1 Å². The fraction of sp³-hybridized carbons (Fsp3) is 0.787. The van der Waals surface area contributed by atoms with E-state index >= 15 is 0 Å². The van der Waals surface area contributed by atoms with Crippen LogP contribution >= 0.6 is 0 Å². The number of carbonyl (C=O) groups is 3. The Hall–Kier alpha value is -2.62. The van der Waals surface area contributed by atoms with E-state index < -0.39 is 28.9 Å². The van der Waals surface area contributed by atoms with E-state index in [-0.39, 0.29) is 51.8 Å². The van der Waals surface area contributed by atoms with Crippen molar-refractivity contribution in [2.24, 2.45) is 56.2 Å². The summed E-state index contributed by atoms with van der Waals surface area (Å²) in [4.78, 5) is 48.1. The van der Waals surface area contributed by atoms with Gasteiger partial charge in [0.1, 0.15) is 6.10 Å². The molecule has 0 amide bonds. The molecule has 5 aliphatic rings. The zero-order valence-corrected chi connectivity index (χ0v) is 36.5. The van der Waals surface area contributed by atoms with E-state index in [2.05, 4.69) is 83.4 Å². The van der Waals surface area contributed by atoms with E-state index in [4.69, 9.17) is 4.74 Å². The second kappa shape index (κ2) is 15.2. The van der Waals surface area contributed by atoms with E-state index in [1.165, 1.54) is 5.57 Å². The number of aromatic nitrogens is 1. The van der Waals surface area contributed by atoms with Gasteiger partial charge in [0.25, 0.3) is 0 Å². The van der Waals surface area contributed by atoms with Crippen molar-refractivity contribution in [2.45, 2.75) is 145 Å². The minimum absolute atomic E-state index is 0.0244. The number of esters is 1. The first kappa shape index (κ1) is 43.0. The van der Waals surface area contributed by atoms with Crippen LogP contribution in [-0.4, -0.2) is 88.7 Å². The molecule has 1 heterocycles. The predicted octanol–water partition coefficient (Wildman–Crippen LogP) is 8.20. The number of Topliss-reactive ketones (excluding diaryl/α,β-unsaturated/α-hetero) is 1. The monoisotopic (exact) mass is 776 g/mol. The molecule has 2 N–H and O–H groups in total. The van der Waals surface area contributed by atoms with E-state index in [1.54, 1.807) is 20.0 Å². The van der Waals surface area contributed by atoms with E-state index in [0.717, 1.165) is 75.6 Å². The van der Waals surface area contributed by atoms with Gasteiger partial charge in [0.15, 0.2) is 5.78 Å². The SMILES string of the molecule is CC(C)C1=C2[C@H]3CC[C@@H]4[C@@]5(C)CC[C@H](OC(=O)CC(C)(C)C(=O)O)C(C)(C)[C@@H]5CC[C@@]4(C)[C@]3(C)CCC2(C(O)CN(CCN(C)C)Cc2cccnc2)CC1=O. The molecule has 4 saturated carbocycles. The second-order valence-corrected chi connectivity index (χ2v) is 21.5. The lowest BCUT2D eigenvalue weighted by Crippen LogP contribution is -2.66. The number of likely N-dealkylation sites (N-methyl/N-ethyl adjacent to an activating group) is 1. The zero-order valence-electron chi connectivity index (χ0n) is 36.5. The Morgan fingerprint density at radius 1 is 0.964 bits per heavy atom. The number of ether oxygens (including phenoxy) is 1. The van der Waals surface area contributed by atoms with Crippen molar-refractivity contribution in [3.8, 4) is 0 Å². The third kappa shape index (κ3) is 7.12. The molecule has 0 bridgehead atoms. The number of carbonyl (C=O) groups excluding carboxylic acids is 2. The average Bonchev–Trinajstić information content (AvgIpc) is 3.42. The van der Waals surface area contributed by atoms with Crippen LogP contribution in [0.25, 0.3) is 0 Å². The van der Waals surface area contributed by atoms with Crippen LogP contribution in [0.15, 0.2) is 35.7 Å². The van der Waals surface area contributed by atoms with Crippen LogP contribution in [0.4, 0.5) is 0 Å². The standard InChI is InChI=1S/C47H73N3O6/c1-30(2)39-33(51)25-47(36(52)29-50(24-23-49(10)11)28-31-13-12-22-48-27-31)21-20-45(8)32(40(39)47)14-15-35-44(7)18-17-37(56-38(53)26-42(3,4)41(54)55)43(5,6)34(44)16-19-46(35,45)9/h12-13,22,27,30,32,34-37,52H,14-21,23-26,28-29H2,1-11H3,(H,54,55)/t32-,34+,35-,36?,37+,44+,45-,46-,47?/m1/s1. The van der Waals surface area contributed by atoms with Crippen molar-refractivity contribution >= 4 is 17.7 Å². The van der Waals surface area contributed by atoms with E-state index in [9.17, 15) is 24.6 Å². The highest BCUT2D eigenvalue weighted by atomic mass is 16.5. The molecule has 0 aromatic carbocycles. The molecule has 9 nitrogen and oxygen atoms in total. The minimum Gasteiger partial charge on any atom is -0.481 e. The van der Waals surface area contributed by atoms with Gasteiger partial charge in [-0.25, -0.2) is 0 Å². The molecule has 0 radical (unpaired) electrons. The summed E-state index contributed by atoms with van der Waals surface area (Å²) in [5.74, 6) is 0.0313. The number of nitrogens with zero attached hydrogens (tertiary/aromatic N) is 3. The molecular weight excluding hydrogens is 703 g/mol. The molecule has 312 valence electrons.